The minimum atomic E-state index is -1.07. The molecule has 1 rings (SSSR count). The first-order valence-electron chi connectivity index (χ1n) is 4.20. The third-order valence-electron chi connectivity index (χ3n) is 2.64. The van der Waals surface area contributed by atoms with Crippen molar-refractivity contribution in [3.05, 3.63) is 25.8 Å². The van der Waals surface area contributed by atoms with Crippen LogP contribution in [0.15, 0.2) is 0 Å². The summed E-state index contributed by atoms with van der Waals surface area (Å²) in [5.41, 5.74) is 4.76. The summed E-state index contributed by atoms with van der Waals surface area (Å²) in [5, 5.41) is 9.96. The topological polar surface area (TPSA) is 20.2 Å². The van der Waals surface area contributed by atoms with Gasteiger partial charge in [0.2, 0.25) is 0 Å². The summed E-state index contributed by atoms with van der Waals surface area (Å²) in [7, 11) is 0. The molecule has 1 aromatic carbocycles. The number of hydrogen-bond acceptors (Lipinski definition) is 1. The van der Waals surface area contributed by atoms with Crippen LogP contribution >= 0.6 is 49.1 Å². The average molecular weight is 530 g/mol. The normalized spacial score (nSPS) is 11.7. The van der Waals surface area contributed by atoms with E-state index in [4.69, 9.17) is 0 Å². The van der Waals surface area contributed by atoms with E-state index in [2.05, 4.69) is 51.1 Å². The average Bonchev–Trinajstić information content (AvgIpc) is 2.11. The van der Waals surface area contributed by atoms with Gasteiger partial charge in [-0.3, -0.25) is 0 Å². The van der Waals surface area contributed by atoms with Gasteiger partial charge in [0, 0.05) is 0 Å². The Morgan fingerprint density at radius 1 is 0.857 bits per heavy atom. The van der Waals surface area contributed by atoms with Gasteiger partial charge in [0.1, 0.15) is 0 Å². The van der Waals surface area contributed by atoms with Gasteiger partial charge >= 0.3 is 113 Å². The number of phenolic OH excluding ortho intramolecular Hbond substituents is 1. The third-order valence-corrected chi connectivity index (χ3v) is 10.5. The van der Waals surface area contributed by atoms with E-state index in [9.17, 15) is 5.11 Å². The molecule has 0 spiro atoms. The molecule has 0 heterocycles. The second-order valence-corrected chi connectivity index (χ2v) is 27.0. The van der Waals surface area contributed by atoms with Crippen molar-refractivity contribution in [3.8, 4) is 5.75 Å². The Kier molecular flexibility index (Phi) is 4.77. The molecule has 0 saturated carbocycles. The molecule has 0 saturated heterocycles. The molecule has 1 aromatic rings. The van der Waals surface area contributed by atoms with Crippen molar-refractivity contribution in [2.24, 2.45) is 0 Å². The molecule has 0 fully saturated rings. The Hall–Kier alpha value is 1.21. The van der Waals surface area contributed by atoms with Crippen LogP contribution in [0.3, 0.4) is 0 Å². The van der Waals surface area contributed by atoms with Crippen LogP contribution in [0.25, 0.3) is 0 Å². The Morgan fingerprint density at radius 2 is 1.36 bits per heavy atom. The summed E-state index contributed by atoms with van der Waals surface area (Å²) >= 11 is 4.00. The van der Waals surface area contributed by atoms with E-state index in [1.807, 2.05) is 13.8 Å². The van der Waals surface area contributed by atoms with Crippen molar-refractivity contribution in [2.75, 3.05) is 0 Å². The monoisotopic (exact) mass is 530 g/mol. The zero-order chi connectivity index (χ0) is 11.0. The zero-order valence-electron chi connectivity index (χ0n) is 8.58. The maximum absolute atomic E-state index is 9.96. The van der Waals surface area contributed by atoms with Gasteiger partial charge in [-0.1, -0.05) is 0 Å². The number of rotatable bonds is 1. The van der Waals surface area contributed by atoms with Gasteiger partial charge in [0.15, 0.2) is 0 Å². The number of phenols is 1. The molecule has 0 aliphatic rings. The SMILES string of the molecule is Cc1c(C)c(O)c(C)c(I(I)I)c1C. The molecule has 80 valence electrons. The fraction of sp³-hybridized carbons (Fsp3) is 0.400. The molecule has 0 atom stereocenters. The van der Waals surface area contributed by atoms with Gasteiger partial charge < -0.3 is 0 Å². The molecular weight excluding hydrogens is 517 g/mol. The summed E-state index contributed by atoms with van der Waals surface area (Å²) in [6, 6.07) is 0. The van der Waals surface area contributed by atoms with Crippen LogP contribution in [0.4, 0.5) is 0 Å². The Balaban J connectivity index is 3.60. The Morgan fingerprint density at radius 3 is 1.79 bits per heavy atom. The van der Waals surface area contributed by atoms with Crippen LogP contribution in [-0.2, 0) is 0 Å². The van der Waals surface area contributed by atoms with Crippen molar-refractivity contribution in [1.82, 2.24) is 0 Å². The summed E-state index contributed by atoms with van der Waals surface area (Å²) in [4.78, 5) is 0. The summed E-state index contributed by atoms with van der Waals surface area (Å²) in [5.74, 6) is 0.499. The number of hydrogen-bond donors (Lipinski definition) is 1. The van der Waals surface area contributed by atoms with E-state index in [0.717, 1.165) is 11.1 Å². The second kappa shape index (κ2) is 5.03. The summed E-state index contributed by atoms with van der Waals surface area (Å²) in [6.07, 6.45) is 0. The predicted molar refractivity (Wildman–Crippen MR) is 87.8 cm³/mol. The van der Waals surface area contributed by atoms with Crippen LogP contribution < -0.4 is 0 Å². The van der Waals surface area contributed by atoms with Crippen molar-refractivity contribution < 1.29 is 5.11 Å². The van der Waals surface area contributed by atoms with E-state index in [1.165, 1.54) is 14.7 Å². The van der Waals surface area contributed by atoms with E-state index in [-0.39, 0.29) is 0 Å². The van der Waals surface area contributed by atoms with Crippen LogP contribution in [-0.4, -0.2) is 5.11 Å². The van der Waals surface area contributed by atoms with Gasteiger partial charge in [-0.05, 0) is 0 Å². The van der Waals surface area contributed by atoms with E-state index < -0.39 is 11.9 Å². The second-order valence-electron chi connectivity index (χ2n) is 3.36. The first-order valence-corrected chi connectivity index (χ1v) is 17.8. The standard InChI is InChI=1S/C10H13I3O/c1-5-6(2)9(13(11)12)8(4)10(14)7(5)3/h14H,1-4H3. The minimum absolute atomic E-state index is 0.499. The quantitative estimate of drug-likeness (QED) is 0.508. The van der Waals surface area contributed by atoms with Crippen LogP contribution in [0.1, 0.15) is 22.3 Å². The molecule has 1 nitrogen and oxygen atoms in total. The fourth-order valence-corrected chi connectivity index (χ4v) is 11.6. The van der Waals surface area contributed by atoms with Gasteiger partial charge in [0.25, 0.3) is 0 Å². The Bertz CT molecular complexity index is 343. The molecule has 0 bridgehead atoms. The number of aromatic hydroxyl groups is 1. The van der Waals surface area contributed by atoms with Gasteiger partial charge in [-0.25, -0.2) is 0 Å². The molecule has 0 radical (unpaired) electrons. The van der Waals surface area contributed by atoms with Gasteiger partial charge in [-0.2, -0.15) is 0 Å². The molecule has 1 N–H and O–H groups in total. The molecular formula is C10H13I3O. The van der Waals surface area contributed by atoms with Crippen LogP contribution in [0.5, 0.6) is 5.75 Å². The van der Waals surface area contributed by atoms with Crippen molar-refractivity contribution in [2.45, 2.75) is 27.7 Å². The molecule has 14 heavy (non-hydrogen) atoms. The van der Waals surface area contributed by atoms with E-state index >= 15 is 0 Å². The van der Waals surface area contributed by atoms with Gasteiger partial charge in [-0.15, -0.1) is 0 Å². The molecule has 0 unspecified atom stereocenters. The molecule has 0 aromatic heterocycles. The summed E-state index contributed by atoms with van der Waals surface area (Å²) in [6.45, 7) is 8.30. The van der Waals surface area contributed by atoms with Crippen molar-refractivity contribution >= 4 is 49.1 Å². The summed E-state index contributed by atoms with van der Waals surface area (Å²) < 4.78 is 1.43. The van der Waals surface area contributed by atoms with Crippen LogP contribution in [0, 0.1) is 31.3 Å². The van der Waals surface area contributed by atoms with Crippen molar-refractivity contribution in [3.63, 3.8) is 0 Å². The van der Waals surface area contributed by atoms with Crippen LogP contribution in [0.2, 0.25) is 0 Å². The first-order chi connectivity index (χ1) is 6.37. The third kappa shape index (κ3) is 2.31. The number of halogens is 3. The van der Waals surface area contributed by atoms with E-state index in [0.29, 0.717) is 5.75 Å². The van der Waals surface area contributed by atoms with E-state index in [1.54, 1.807) is 0 Å². The van der Waals surface area contributed by atoms with Gasteiger partial charge in [0.05, 0.1) is 0 Å². The molecule has 0 aliphatic carbocycles. The predicted octanol–water partition coefficient (Wildman–Crippen LogP) is 5.00. The van der Waals surface area contributed by atoms with Crippen molar-refractivity contribution in [1.29, 1.82) is 0 Å². The molecule has 0 amide bonds. The first kappa shape index (κ1) is 13.3. The Labute approximate surface area is 112 Å². The molecule has 0 aliphatic heterocycles. The number of benzene rings is 1. The molecule has 4 heteroatoms. The fourth-order valence-electron chi connectivity index (χ4n) is 1.50. The maximum atomic E-state index is 9.96. The zero-order valence-corrected chi connectivity index (χ0v) is 15.1.